The van der Waals surface area contributed by atoms with E-state index in [2.05, 4.69) is 15.5 Å². The van der Waals surface area contributed by atoms with Crippen LogP contribution in [0.25, 0.3) is 17.1 Å². The van der Waals surface area contributed by atoms with Crippen molar-refractivity contribution in [3.63, 3.8) is 0 Å². The highest BCUT2D eigenvalue weighted by Crippen LogP contribution is 2.27. The molecule has 4 rings (SSSR count). The number of amides is 2. The monoisotopic (exact) mass is 461 g/mol. The lowest BCUT2D eigenvalue weighted by atomic mass is 10.2. The van der Waals surface area contributed by atoms with E-state index in [0.717, 1.165) is 11.3 Å². The summed E-state index contributed by atoms with van der Waals surface area (Å²) in [4.78, 5) is 26.2. The van der Waals surface area contributed by atoms with Gasteiger partial charge in [-0.05, 0) is 24.3 Å². The first-order valence-corrected chi connectivity index (χ1v) is 11.3. The maximum absolute atomic E-state index is 12.7. The van der Waals surface area contributed by atoms with Gasteiger partial charge in [-0.15, -0.1) is 10.2 Å². The van der Waals surface area contributed by atoms with Crippen LogP contribution in [0.4, 0.5) is 0 Å². The molecule has 8 nitrogen and oxygen atoms in total. The Morgan fingerprint density at radius 2 is 1.73 bits per heavy atom. The van der Waals surface area contributed by atoms with Gasteiger partial charge in [-0.25, -0.2) is 0 Å². The number of carbonyl (C=O) groups excluding carboxylic acids is 2. The van der Waals surface area contributed by atoms with E-state index in [1.165, 1.54) is 16.7 Å². The molecule has 0 spiro atoms. The number of thioether (sulfide) groups is 1. The van der Waals surface area contributed by atoms with Gasteiger partial charge in [-0.1, -0.05) is 60.3 Å². The summed E-state index contributed by atoms with van der Waals surface area (Å²) < 4.78 is 7.13. The van der Waals surface area contributed by atoms with Gasteiger partial charge in [0.15, 0.2) is 11.0 Å². The number of carbonyl (C=O) groups is 2. The molecule has 2 aromatic heterocycles. The Kier molecular flexibility index (Phi) is 7.21. The van der Waals surface area contributed by atoms with Gasteiger partial charge in [0.2, 0.25) is 11.8 Å². The quantitative estimate of drug-likeness (QED) is 0.384. The summed E-state index contributed by atoms with van der Waals surface area (Å²) in [6.07, 6.45) is 1.55. The number of nitrogens with one attached hydrogen (secondary N) is 1. The summed E-state index contributed by atoms with van der Waals surface area (Å²) in [5.41, 5.74) is 1.83. The maximum Gasteiger partial charge on any atom is 0.239 e. The van der Waals surface area contributed by atoms with Crippen LogP contribution < -0.4 is 5.32 Å². The van der Waals surface area contributed by atoms with Gasteiger partial charge in [-0.3, -0.25) is 14.2 Å². The maximum atomic E-state index is 12.7. The van der Waals surface area contributed by atoms with Crippen LogP contribution in [0.1, 0.15) is 5.76 Å². The van der Waals surface area contributed by atoms with Crippen molar-refractivity contribution in [2.24, 2.45) is 0 Å². The van der Waals surface area contributed by atoms with Gasteiger partial charge >= 0.3 is 0 Å². The van der Waals surface area contributed by atoms with Crippen molar-refractivity contribution < 1.29 is 14.0 Å². The molecule has 2 heterocycles. The van der Waals surface area contributed by atoms with Crippen LogP contribution in [0, 0.1) is 0 Å². The minimum atomic E-state index is -0.258. The zero-order valence-electron chi connectivity index (χ0n) is 18.0. The number of para-hydroxylation sites is 1. The molecule has 4 aromatic rings. The summed E-state index contributed by atoms with van der Waals surface area (Å²) in [5, 5.41) is 12.0. The number of nitrogens with zero attached hydrogens (tertiary/aromatic N) is 4. The lowest BCUT2D eigenvalue weighted by molar-refractivity contribution is -0.132. The minimum Gasteiger partial charge on any atom is -0.467 e. The van der Waals surface area contributed by atoms with Crippen LogP contribution in [-0.4, -0.2) is 50.8 Å². The molecule has 2 aromatic carbocycles. The summed E-state index contributed by atoms with van der Waals surface area (Å²) in [7, 11) is 1.60. The molecule has 1 N–H and O–H groups in total. The molecule has 0 aliphatic carbocycles. The van der Waals surface area contributed by atoms with Crippen molar-refractivity contribution in [1.29, 1.82) is 0 Å². The van der Waals surface area contributed by atoms with Gasteiger partial charge < -0.3 is 14.6 Å². The second kappa shape index (κ2) is 10.6. The lowest BCUT2D eigenvalue weighted by Crippen LogP contribution is -2.38. The number of benzene rings is 2. The highest BCUT2D eigenvalue weighted by molar-refractivity contribution is 7.99. The van der Waals surface area contributed by atoms with Gasteiger partial charge in [0.1, 0.15) is 5.76 Å². The largest absolute Gasteiger partial charge is 0.467 e. The molecule has 9 heteroatoms. The number of aromatic nitrogens is 3. The Balaban J connectivity index is 1.42. The first-order valence-electron chi connectivity index (χ1n) is 10.3. The zero-order chi connectivity index (χ0) is 23.0. The first kappa shape index (κ1) is 22.3. The summed E-state index contributed by atoms with van der Waals surface area (Å²) in [6, 6.07) is 23.1. The first-order chi connectivity index (χ1) is 16.1. The minimum absolute atomic E-state index is 0.0409. The molecule has 168 valence electrons. The molecule has 0 saturated carbocycles. The van der Waals surface area contributed by atoms with Crippen molar-refractivity contribution in [1.82, 2.24) is 25.0 Å². The van der Waals surface area contributed by atoms with Crippen molar-refractivity contribution in [3.8, 4) is 17.1 Å². The molecule has 0 unspecified atom stereocenters. The topological polar surface area (TPSA) is 93.3 Å². The standard InChI is InChI=1S/C24H23N5O3S/c1-28(16-21(30)25-15-20-13-8-14-32-20)22(31)17-33-24-27-26-23(18-9-4-2-5-10-18)29(24)19-11-6-3-7-12-19/h2-14H,15-17H2,1H3,(H,25,30). The SMILES string of the molecule is CN(CC(=O)NCc1ccco1)C(=O)CSc1nnc(-c2ccccc2)n1-c1ccccc1. The molecule has 33 heavy (non-hydrogen) atoms. The molecule has 0 aliphatic rings. The van der Waals surface area contributed by atoms with Crippen LogP contribution >= 0.6 is 11.8 Å². The summed E-state index contributed by atoms with van der Waals surface area (Å²) in [5.74, 6) is 1.04. The number of rotatable bonds is 9. The van der Waals surface area contributed by atoms with Crippen LogP contribution in [0.15, 0.2) is 88.6 Å². The van der Waals surface area contributed by atoms with Gasteiger partial charge in [0.05, 0.1) is 25.1 Å². The third-order valence-corrected chi connectivity index (χ3v) is 5.76. The average molecular weight is 462 g/mol. The van der Waals surface area contributed by atoms with Crippen LogP contribution in [-0.2, 0) is 16.1 Å². The molecule has 0 fully saturated rings. The van der Waals surface area contributed by atoms with Crippen molar-refractivity contribution in [2.45, 2.75) is 11.7 Å². The smallest absolute Gasteiger partial charge is 0.239 e. The molecule has 0 atom stereocenters. The van der Waals surface area contributed by atoms with E-state index in [9.17, 15) is 9.59 Å². The van der Waals surface area contributed by atoms with Crippen LogP contribution in [0.3, 0.4) is 0 Å². The van der Waals surface area contributed by atoms with Crippen LogP contribution in [0.5, 0.6) is 0 Å². The highest BCUT2D eigenvalue weighted by atomic mass is 32.2. The molecule has 2 amide bonds. The molecule has 0 aliphatic heterocycles. The lowest BCUT2D eigenvalue weighted by Gasteiger charge is -2.16. The number of hydrogen-bond donors (Lipinski definition) is 1. The fourth-order valence-electron chi connectivity index (χ4n) is 3.14. The van der Waals surface area contributed by atoms with Gasteiger partial charge in [0, 0.05) is 18.3 Å². The van der Waals surface area contributed by atoms with E-state index in [4.69, 9.17) is 4.42 Å². The Morgan fingerprint density at radius 1 is 1.00 bits per heavy atom. The fourth-order valence-corrected chi connectivity index (χ4v) is 4.03. The third kappa shape index (κ3) is 5.69. The van der Waals surface area contributed by atoms with E-state index in [1.54, 1.807) is 25.4 Å². The average Bonchev–Trinajstić information content (AvgIpc) is 3.52. The Morgan fingerprint density at radius 3 is 2.42 bits per heavy atom. The second-order valence-corrected chi connectivity index (χ2v) is 8.18. The Labute approximate surface area is 195 Å². The second-order valence-electron chi connectivity index (χ2n) is 7.24. The van der Waals surface area contributed by atoms with Crippen molar-refractivity contribution >= 4 is 23.6 Å². The number of hydrogen-bond acceptors (Lipinski definition) is 6. The Hall–Kier alpha value is -3.85. The number of furan rings is 1. The van der Waals surface area contributed by atoms with Gasteiger partial charge in [-0.2, -0.15) is 0 Å². The number of likely N-dealkylation sites (N-methyl/N-ethyl adjacent to an activating group) is 1. The molecular formula is C24H23N5O3S. The van der Waals surface area contributed by atoms with E-state index in [1.807, 2.05) is 65.2 Å². The van der Waals surface area contributed by atoms with E-state index in [0.29, 0.717) is 16.7 Å². The summed E-state index contributed by atoms with van der Waals surface area (Å²) in [6.45, 7) is 0.242. The predicted molar refractivity (Wildman–Crippen MR) is 126 cm³/mol. The van der Waals surface area contributed by atoms with Crippen molar-refractivity contribution in [2.75, 3.05) is 19.3 Å². The third-order valence-electron chi connectivity index (χ3n) is 4.85. The van der Waals surface area contributed by atoms with E-state index >= 15 is 0 Å². The normalized spacial score (nSPS) is 10.7. The highest BCUT2D eigenvalue weighted by Gasteiger charge is 2.19. The van der Waals surface area contributed by atoms with E-state index < -0.39 is 0 Å². The molecule has 0 radical (unpaired) electrons. The summed E-state index contributed by atoms with van der Waals surface area (Å²) >= 11 is 1.28. The molecular weight excluding hydrogens is 438 g/mol. The predicted octanol–water partition coefficient (Wildman–Crippen LogP) is 3.39. The Bertz CT molecular complexity index is 1190. The van der Waals surface area contributed by atoms with Crippen molar-refractivity contribution in [3.05, 3.63) is 84.8 Å². The van der Waals surface area contributed by atoms with E-state index in [-0.39, 0.29) is 30.7 Å². The molecule has 0 bridgehead atoms. The molecule has 0 saturated heterocycles. The fraction of sp³-hybridized carbons (Fsp3) is 0.167. The zero-order valence-corrected chi connectivity index (χ0v) is 18.9. The van der Waals surface area contributed by atoms with Gasteiger partial charge in [0.25, 0.3) is 0 Å². The van der Waals surface area contributed by atoms with Crippen LogP contribution in [0.2, 0.25) is 0 Å².